The van der Waals surface area contributed by atoms with Gasteiger partial charge in [0.2, 0.25) is 0 Å². The van der Waals surface area contributed by atoms with E-state index >= 15 is 0 Å². The lowest BCUT2D eigenvalue weighted by atomic mass is 10.0. The summed E-state index contributed by atoms with van der Waals surface area (Å²) in [5, 5.41) is 0. The molecule has 0 radical (unpaired) electrons. The first kappa shape index (κ1) is 16.3. The molecule has 17 heavy (non-hydrogen) atoms. The minimum absolute atomic E-state index is 0.861. The molecule has 0 amide bonds. The molecule has 0 saturated carbocycles. The molecule has 0 aliphatic heterocycles. The van der Waals surface area contributed by atoms with Gasteiger partial charge in [-0.3, -0.25) is 0 Å². The van der Waals surface area contributed by atoms with Gasteiger partial charge in [0.15, 0.2) is 0 Å². The molecule has 0 aromatic carbocycles. The Morgan fingerprint density at radius 2 is 1.59 bits per heavy atom. The summed E-state index contributed by atoms with van der Waals surface area (Å²) in [6.07, 6.45) is 21.9. The Kier molecular flexibility index (Phi) is 12.8. The summed E-state index contributed by atoms with van der Waals surface area (Å²) >= 11 is 0. The fraction of sp³-hybridized carbons (Fsp3) is 0.765. The Morgan fingerprint density at radius 3 is 2.18 bits per heavy atom. The predicted octanol–water partition coefficient (Wildman–Crippen LogP) is 5.88. The van der Waals surface area contributed by atoms with Crippen molar-refractivity contribution in [1.82, 2.24) is 0 Å². The van der Waals surface area contributed by atoms with Gasteiger partial charge < -0.3 is 0 Å². The van der Waals surface area contributed by atoms with Crippen molar-refractivity contribution in [3.05, 3.63) is 11.6 Å². The van der Waals surface area contributed by atoms with Crippen LogP contribution < -0.4 is 0 Å². The van der Waals surface area contributed by atoms with E-state index in [4.69, 9.17) is 6.42 Å². The van der Waals surface area contributed by atoms with Crippen molar-refractivity contribution in [2.45, 2.75) is 84.5 Å². The molecule has 0 saturated heterocycles. The molecule has 0 heterocycles. The molecule has 0 atom stereocenters. The normalized spacial score (nSPS) is 11.5. The van der Waals surface area contributed by atoms with Crippen LogP contribution in [0, 0.1) is 12.3 Å². The van der Waals surface area contributed by atoms with Crippen molar-refractivity contribution in [3.63, 3.8) is 0 Å². The van der Waals surface area contributed by atoms with Crippen LogP contribution in [-0.4, -0.2) is 0 Å². The number of terminal acetylenes is 1. The third-order valence-corrected chi connectivity index (χ3v) is 3.17. The summed E-state index contributed by atoms with van der Waals surface area (Å²) < 4.78 is 0. The molecule has 0 aliphatic rings. The Balaban J connectivity index is 3.71. The van der Waals surface area contributed by atoms with E-state index < -0.39 is 0 Å². The van der Waals surface area contributed by atoms with Crippen LogP contribution in [0.2, 0.25) is 0 Å². The smallest absolute Gasteiger partial charge is 0.0296 e. The zero-order chi connectivity index (χ0) is 12.8. The Hall–Kier alpha value is -0.700. The highest BCUT2D eigenvalue weighted by Crippen LogP contribution is 2.15. The first-order valence-electron chi connectivity index (χ1n) is 7.46. The topological polar surface area (TPSA) is 0 Å². The Labute approximate surface area is 109 Å². The van der Waals surface area contributed by atoms with Gasteiger partial charge in [0.25, 0.3) is 0 Å². The molecule has 0 nitrogen and oxygen atoms in total. The van der Waals surface area contributed by atoms with Crippen LogP contribution in [0.3, 0.4) is 0 Å². The van der Waals surface area contributed by atoms with E-state index in [0.29, 0.717) is 0 Å². The second kappa shape index (κ2) is 13.4. The van der Waals surface area contributed by atoms with Gasteiger partial charge in [-0.05, 0) is 25.7 Å². The van der Waals surface area contributed by atoms with Crippen molar-refractivity contribution in [2.24, 2.45) is 0 Å². The van der Waals surface area contributed by atoms with Gasteiger partial charge in [0, 0.05) is 6.42 Å². The molecule has 0 N–H and O–H groups in total. The monoisotopic (exact) mass is 234 g/mol. The third kappa shape index (κ3) is 11.6. The van der Waals surface area contributed by atoms with Crippen molar-refractivity contribution in [3.8, 4) is 12.3 Å². The molecule has 0 aromatic heterocycles. The van der Waals surface area contributed by atoms with Crippen molar-refractivity contribution >= 4 is 0 Å². The molecule has 98 valence electrons. The maximum Gasteiger partial charge on any atom is 0.0296 e. The zero-order valence-electron chi connectivity index (χ0n) is 11.9. The van der Waals surface area contributed by atoms with Gasteiger partial charge in [-0.1, -0.05) is 64.0 Å². The zero-order valence-corrected chi connectivity index (χ0v) is 11.9. The fourth-order valence-corrected chi connectivity index (χ4v) is 2.05. The van der Waals surface area contributed by atoms with Gasteiger partial charge in [-0.15, -0.1) is 12.3 Å². The number of unbranched alkanes of at least 4 members (excludes halogenated alkanes) is 7. The second-order valence-corrected chi connectivity index (χ2v) is 4.90. The van der Waals surface area contributed by atoms with Crippen LogP contribution in [-0.2, 0) is 0 Å². The van der Waals surface area contributed by atoms with Crippen molar-refractivity contribution in [1.29, 1.82) is 0 Å². The lowest BCUT2D eigenvalue weighted by molar-refractivity contribution is 0.652. The predicted molar refractivity (Wildman–Crippen MR) is 79.1 cm³/mol. The van der Waals surface area contributed by atoms with Crippen LogP contribution in [0.15, 0.2) is 11.6 Å². The number of rotatable bonds is 11. The average Bonchev–Trinajstić information content (AvgIpc) is 2.34. The molecular weight excluding hydrogens is 204 g/mol. The molecule has 0 aromatic rings. The van der Waals surface area contributed by atoms with Gasteiger partial charge >= 0.3 is 0 Å². The quantitative estimate of drug-likeness (QED) is 0.238. The average molecular weight is 234 g/mol. The number of hydrogen-bond donors (Lipinski definition) is 0. The maximum absolute atomic E-state index is 5.42. The van der Waals surface area contributed by atoms with Gasteiger partial charge in [-0.2, -0.15) is 0 Å². The van der Waals surface area contributed by atoms with E-state index in [1.807, 2.05) is 0 Å². The van der Waals surface area contributed by atoms with E-state index in [9.17, 15) is 0 Å². The van der Waals surface area contributed by atoms with E-state index in [2.05, 4.69) is 25.8 Å². The molecule has 0 unspecified atom stereocenters. The highest BCUT2D eigenvalue weighted by atomic mass is 14.0. The first-order chi connectivity index (χ1) is 8.35. The standard InChI is InChI=1S/C17H30/c1-4-7-9-11-13-16-17(14-6-3)15-12-10-8-5-2/h3,16H,4-5,7-15H2,1-2H3. The largest absolute Gasteiger partial charge is 0.120 e. The molecule has 0 spiro atoms. The summed E-state index contributed by atoms with van der Waals surface area (Å²) in [7, 11) is 0. The van der Waals surface area contributed by atoms with Crippen LogP contribution in [0.25, 0.3) is 0 Å². The van der Waals surface area contributed by atoms with Crippen molar-refractivity contribution in [2.75, 3.05) is 0 Å². The van der Waals surface area contributed by atoms with Gasteiger partial charge in [0.1, 0.15) is 0 Å². The maximum atomic E-state index is 5.42. The summed E-state index contributed by atoms with van der Waals surface area (Å²) in [4.78, 5) is 0. The minimum atomic E-state index is 0.861. The van der Waals surface area contributed by atoms with Crippen molar-refractivity contribution < 1.29 is 0 Å². The SMILES string of the molecule is C#CCC(=CCCCCCC)CCCCCC. The highest BCUT2D eigenvalue weighted by Gasteiger charge is 1.96. The Morgan fingerprint density at radius 1 is 0.941 bits per heavy atom. The van der Waals surface area contributed by atoms with E-state index in [-0.39, 0.29) is 0 Å². The molecule has 0 rings (SSSR count). The van der Waals surface area contributed by atoms with Crippen LogP contribution >= 0.6 is 0 Å². The third-order valence-electron chi connectivity index (χ3n) is 3.17. The summed E-state index contributed by atoms with van der Waals surface area (Å²) in [6.45, 7) is 4.51. The highest BCUT2D eigenvalue weighted by molar-refractivity contribution is 5.10. The number of hydrogen-bond acceptors (Lipinski definition) is 0. The summed E-state index contributed by atoms with van der Waals surface area (Å²) in [5.41, 5.74) is 1.50. The molecule has 0 heteroatoms. The molecule has 0 fully saturated rings. The molecule has 0 aliphatic carbocycles. The van der Waals surface area contributed by atoms with Crippen LogP contribution in [0.5, 0.6) is 0 Å². The minimum Gasteiger partial charge on any atom is -0.120 e. The first-order valence-corrected chi connectivity index (χ1v) is 7.46. The number of allylic oxidation sites excluding steroid dienone is 2. The van der Waals surface area contributed by atoms with E-state index in [1.165, 1.54) is 69.8 Å². The Bertz CT molecular complexity index is 217. The second-order valence-electron chi connectivity index (χ2n) is 4.90. The fourth-order valence-electron chi connectivity index (χ4n) is 2.05. The lowest BCUT2D eigenvalue weighted by Crippen LogP contribution is -1.85. The van der Waals surface area contributed by atoms with Gasteiger partial charge in [0.05, 0.1) is 0 Å². The summed E-state index contributed by atoms with van der Waals surface area (Å²) in [6, 6.07) is 0. The summed E-state index contributed by atoms with van der Waals surface area (Å²) in [5.74, 6) is 2.79. The molecular formula is C17H30. The van der Waals surface area contributed by atoms with Crippen LogP contribution in [0.1, 0.15) is 84.5 Å². The lowest BCUT2D eigenvalue weighted by Gasteiger charge is -2.04. The van der Waals surface area contributed by atoms with E-state index in [0.717, 1.165) is 6.42 Å². The van der Waals surface area contributed by atoms with Crippen LogP contribution in [0.4, 0.5) is 0 Å². The van der Waals surface area contributed by atoms with Gasteiger partial charge in [-0.25, -0.2) is 0 Å². The molecule has 0 bridgehead atoms. The van der Waals surface area contributed by atoms with E-state index in [1.54, 1.807) is 0 Å².